The van der Waals surface area contributed by atoms with Gasteiger partial charge in [0.1, 0.15) is 5.75 Å². The fourth-order valence-corrected chi connectivity index (χ4v) is 2.28. The van der Waals surface area contributed by atoms with Gasteiger partial charge in [-0.25, -0.2) is 0 Å². The van der Waals surface area contributed by atoms with E-state index in [0.29, 0.717) is 29.2 Å². The van der Waals surface area contributed by atoms with Crippen molar-refractivity contribution in [2.45, 2.75) is 13.3 Å². The third-order valence-corrected chi connectivity index (χ3v) is 3.52. The third kappa shape index (κ3) is 3.20. The van der Waals surface area contributed by atoms with Crippen LogP contribution in [0.4, 0.5) is 5.69 Å². The zero-order valence-corrected chi connectivity index (χ0v) is 12.8. The molecule has 0 unspecified atom stereocenters. The highest BCUT2D eigenvalue weighted by Gasteiger charge is 2.17. The number of carbonyl (C=O) groups is 1. The van der Waals surface area contributed by atoms with E-state index in [-0.39, 0.29) is 5.78 Å². The van der Waals surface area contributed by atoms with E-state index in [1.807, 2.05) is 25.1 Å². The predicted molar refractivity (Wildman–Crippen MR) is 84.2 cm³/mol. The normalized spacial score (nSPS) is 10.3. The molecule has 0 spiro atoms. The van der Waals surface area contributed by atoms with Crippen LogP contribution in [0, 0.1) is 0 Å². The summed E-state index contributed by atoms with van der Waals surface area (Å²) in [4.78, 5) is 12.6. The van der Waals surface area contributed by atoms with Gasteiger partial charge in [0.2, 0.25) is 0 Å². The maximum absolute atomic E-state index is 12.6. The first-order chi connectivity index (χ1) is 9.63. The minimum Gasteiger partial charge on any atom is -0.493 e. The number of halogens is 1. The van der Waals surface area contributed by atoms with E-state index in [9.17, 15) is 4.79 Å². The second-order valence-corrected chi connectivity index (χ2v) is 5.27. The highest BCUT2D eigenvalue weighted by atomic mass is 79.9. The quantitative estimate of drug-likeness (QED) is 0.663. The van der Waals surface area contributed by atoms with Crippen LogP contribution in [-0.2, 0) is 0 Å². The van der Waals surface area contributed by atoms with Gasteiger partial charge in [-0.1, -0.05) is 35.0 Å². The van der Waals surface area contributed by atoms with Crippen molar-refractivity contribution in [3.05, 3.63) is 58.1 Å². The molecule has 2 N–H and O–H groups in total. The molecular formula is C16H16BrNO2. The minimum atomic E-state index is -0.101. The maximum atomic E-state index is 12.6. The molecule has 0 aliphatic rings. The van der Waals surface area contributed by atoms with E-state index in [0.717, 1.165) is 10.9 Å². The Morgan fingerprint density at radius 1 is 1.20 bits per heavy atom. The Morgan fingerprint density at radius 2 is 1.95 bits per heavy atom. The Labute approximate surface area is 126 Å². The Bertz CT molecular complexity index is 626. The largest absolute Gasteiger partial charge is 0.493 e. The number of hydrogen-bond acceptors (Lipinski definition) is 3. The fraction of sp³-hybridized carbons (Fsp3) is 0.188. The van der Waals surface area contributed by atoms with Gasteiger partial charge < -0.3 is 10.5 Å². The molecule has 0 fully saturated rings. The van der Waals surface area contributed by atoms with E-state index in [4.69, 9.17) is 10.5 Å². The van der Waals surface area contributed by atoms with Crippen LogP contribution in [0.5, 0.6) is 5.75 Å². The molecule has 20 heavy (non-hydrogen) atoms. The van der Waals surface area contributed by atoms with Gasteiger partial charge in [0.15, 0.2) is 5.78 Å². The molecule has 2 aromatic carbocycles. The zero-order valence-electron chi connectivity index (χ0n) is 11.2. The fourth-order valence-electron chi connectivity index (χ4n) is 1.85. The molecular weight excluding hydrogens is 318 g/mol. The molecule has 0 amide bonds. The lowest BCUT2D eigenvalue weighted by molar-refractivity contribution is 0.103. The molecule has 0 saturated heterocycles. The van der Waals surface area contributed by atoms with Gasteiger partial charge in [-0.2, -0.15) is 0 Å². The number of hydrogen-bond donors (Lipinski definition) is 1. The summed E-state index contributed by atoms with van der Waals surface area (Å²) in [6.45, 7) is 2.61. The molecule has 0 radical (unpaired) electrons. The van der Waals surface area contributed by atoms with Gasteiger partial charge in [-0.05, 0) is 36.8 Å². The lowest BCUT2D eigenvalue weighted by Crippen LogP contribution is -2.07. The van der Waals surface area contributed by atoms with Crippen LogP contribution in [0.15, 0.2) is 46.9 Å². The van der Waals surface area contributed by atoms with E-state index < -0.39 is 0 Å². The number of ketones is 1. The van der Waals surface area contributed by atoms with Gasteiger partial charge in [0, 0.05) is 15.7 Å². The summed E-state index contributed by atoms with van der Waals surface area (Å²) in [5.74, 6) is 0.504. The first-order valence-corrected chi connectivity index (χ1v) is 7.24. The monoisotopic (exact) mass is 333 g/mol. The molecule has 0 aliphatic heterocycles. The number of ether oxygens (including phenoxy) is 1. The van der Waals surface area contributed by atoms with Crippen LogP contribution in [0.2, 0.25) is 0 Å². The molecule has 2 rings (SSSR count). The molecule has 2 aromatic rings. The minimum absolute atomic E-state index is 0.101. The maximum Gasteiger partial charge on any atom is 0.197 e. The average molecular weight is 334 g/mol. The van der Waals surface area contributed by atoms with Gasteiger partial charge in [0.05, 0.1) is 12.2 Å². The molecule has 0 atom stereocenters. The van der Waals surface area contributed by atoms with Gasteiger partial charge in [0.25, 0.3) is 0 Å². The Kier molecular flexibility index (Phi) is 4.79. The van der Waals surface area contributed by atoms with Gasteiger partial charge in [-0.15, -0.1) is 0 Å². The van der Waals surface area contributed by atoms with Crippen molar-refractivity contribution in [2.24, 2.45) is 0 Å². The van der Waals surface area contributed by atoms with E-state index in [2.05, 4.69) is 15.9 Å². The zero-order chi connectivity index (χ0) is 14.5. The smallest absolute Gasteiger partial charge is 0.197 e. The summed E-state index contributed by atoms with van der Waals surface area (Å²) in [5, 5.41) is 0. The van der Waals surface area contributed by atoms with Crippen molar-refractivity contribution in [3.63, 3.8) is 0 Å². The topological polar surface area (TPSA) is 52.3 Å². The average Bonchev–Trinajstić information content (AvgIpc) is 2.47. The number of para-hydroxylation sites is 1. The van der Waals surface area contributed by atoms with Crippen LogP contribution in [0.1, 0.15) is 29.3 Å². The molecule has 0 heterocycles. The van der Waals surface area contributed by atoms with E-state index in [1.165, 1.54) is 0 Å². The number of nitrogens with two attached hydrogens (primary N) is 1. The summed E-state index contributed by atoms with van der Waals surface area (Å²) >= 11 is 3.39. The molecule has 4 heteroatoms. The molecule has 0 bridgehead atoms. The van der Waals surface area contributed by atoms with Crippen molar-refractivity contribution >= 4 is 27.4 Å². The second-order valence-electron chi connectivity index (χ2n) is 4.41. The van der Waals surface area contributed by atoms with E-state index in [1.54, 1.807) is 24.3 Å². The third-order valence-electron chi connectivity index (χ3n) is 2.83. The predicted octanol–water partition coefficient (Wildman–Crippen LogP) is 4.05. The van der Waals surface area contributed by atoms with Gasteiger partial charge >= 0.3 is 0 Å². The van der Waals surface area contributed by atoms with Crippen molar-refractivity contribution in [3.8, 4) is 5.75 Å². The summed E-state index contributed by atoms with van der Waals surface area (Å²) in [7, 11) is 0. The lowest BCUT2D eigenvalue weighted by Gasteiger charge is -2.11. The summed E-state index contributed by atoms with van der Waals surface area (Å²) in [6.07, 6.45) is 0.893. The van der Waals surface area contributed by atoms with Crippen LogP contribution in [-0.4, -0.2) is 12.4 Å². The highest BCUT2D eigenvalue weighted by Crippen LogP contribution is 2.27. The van der Waals surface area contributed by atoms with Crippen LogP contribution in [0.25, 0.3) is 0 Å². The lowest BCUT2D eigenvalue weighted by atomic mass is 10.0. The van der Waals surface area contributed by atoms with Crippen LogP contribution >= 0.6 is 15.9 Å². The molecule has 3 nitrogen and oxygen atoms in total. The molecule has 0 aliphatic carbocycles. The number of anilines is 1. The van der Waals surface area contributed by atoms with Crippen molar-refractivity contribution < 1.29 is 9.53 Å². The first-order valence-electron chi connectivity index (χ1n) is 6.45. The highest BCUT2D eigenvalue weighted by molar-refractivity contribution is 9.10. The van der Waals surface area contributed by atoms with Crippen molar-refractivity contribution in [1.82, 2.24) is 0 Å². The standard InChI is InChI=1S/C16H16BrNO2/c1-2-9-20-15-6-4-3-5-12(15)16(19)13-10-11(18)7-8-14(13)17/h3-8,10H,2,9,18H2,1H3. The molecule has 0 saturated carbocycles. The summed E-state index contributed by atoms with van der Waals surface area (Å²) in [6, 6.07) is 12.5. The van der Waals surface area contributed by atoms with E-state index >= 15 is 0 Å². The number of rotatable bonds is 5. The van der Waals surface area contributed by atoms with Crippen molar-refractivity contribution in [1.29, 1.82) is 0 Å². The van der Waals surface area contributed by atoms with Crippen LogP contribution < -0.4 is 10.5 Å². The Morgan fingerprint density at radius 3 is 2.70 bits per heavy atom. The Hall–Kier alpha value is -1.81. The van der Waals surface area contributed by atoms with Crippen molar-refractivity contribution in [2.75, 3.05) is 12.3 Å². The van der Waals surface area contributed by atoms with Crippen LogP contribution in [0.3, 0.4) is 0 Å². The number of carbonyl (C=O) groups excluding carboxylic acids is 1. The summed E-state index contributed by atoms with van der Waals surface area (Å²) in [5.41, 5.74) is 7.40. The molecule has 104 valence electrons. The summed E-state index contributed by atoms with van der Waals surface area (Å²) < 4.78 is 6.36. The SMILES string of the molecule is CCCOc1ccccc1C(=O)c1cc(N)ccc1Br. The molecule has 0 aromatic heterocycles. The van der Waals surface area contributed by atoms with Gasteiger partial charge in [-0.3, -0.25) is 4.79 Å². The number of benzene rings is 2. The first kappa shape index (κ1) is 14.6. The second kappa shape index (κ2) is 6.57. The Balaban J connectivity index is 2.40. The number of nitrogen functional groups attached to an aromatic ring is 1.